The van der Waals surface area contributed by atoms with Gasteiger partial charge in [0.25, 0.3) is 0 Å². The molecule has 0 aliphatic heterocycles. The standard InChI is InChI=1S/C18H28O4/c1-13(2)7-5-8-14(3)9-6-10-15(4)11-12-16(17(19)20)18(21)22/h7,9,11,16H,5-6,8,10,12H2,1-4H3,(H,19,20)(H,21,22)/b14-9+,15-11+. The van der Waals surface area contributed by atoms with Crippen molar-refractivity contribution < 1.29 is 19.8 Å². The molecule has 0 fully saturated rings. The summed E-state index contributed by atoms with van der Waals surface area (Å²) in [5.74, 6) is -3.92. The van der Waals surface area contributed by atoms with Crippen LogP contribution in [0.2, 0.25) is 0 Å². The van der Waals surface area contributed by atoms with E-state index in [2.05, 4.69) is 32.9 Å². The highest BCUT2D eigenvalue weighted by Crippen LogP contribution is 2.14. The van der Waals surface area contributed by atoms with Crippen LogP contribution in [0, 0.1) is 5.92 Å². The largest absolute Gasteiger partial charge is 0.481 e. The third kappa shape index (κ3) is 9.97. The van der Waals surface area contributed by atoms with Crippen LogP contribution in [0.15, 0.2) is 34.9 Å². The summed E-state index contributed by atoms with van der Waals surface area (Å²) in [5.41, 5.74) is 3.71. The van der Waals surface area contributed by atoms with Crippen LogP contribution < -0.4 is 0 Å². The molecule has 0 saturated carbocycles. The maximum atomic E-state index is 10.8. The minimum atomic E-state index is -1.35. The molecule has 0 bridgehead atoms. The minimum Gasteiger partial charge on any atom is -0.481 e. The van der Waals surface area contributed by atoms with Crippen molar-refractivity contribution in [2.45, 2.75) is 59.8 Å². The Balaban J connectivity index is 4.23. The fourth-order valence-electron chi connectivity index (χ4n) is 1.97. The first-order chi connectivity index (χ1) is 10.2. The van der Waals surface area contributed by atoms with Crippen molar-refractivity contribution in [3.63, 3.8) is 0 Å². The van der Waals surface area contributed by atoms with E-state index in [0.717, 1.165) is 31.3 Å². The van der Waals surface area contributed by atoms with E-state index in [-0.39, 0.29) is 6.42 Å². The average Bonchev–Trinajstić information content (AvgIpc) is 2.37. The topological polar surface area (TPSA) is 74.6 Å². The number of carbonyl (C=O) groups is 2. The quantitative estimate of drug-likeness (QED) is 0.457. The van der Waals surface area contributed by atoms with Crippen LogP contribution in [-0.2, 0) is 9.59 Å². The maximum Gasteiger partial charge on any atom is 0.318 e. The van der Waals surface area contributed by atoms with Crippen molar-refractivity contribution in [3.05, 3.63) is 34.9 Å². The van der Waals surface area contributed by atoms with Gasteiger partial charge in [0.05, 0.1) is 0 Å². The second-order valence-corrected chi connectivity index (χ2v) is 5.92. The Morgan fingerprint density at radius 3 is 1.73 bits per heavy atom. The number of hydrogen-bond donors (Lipinski definition) is 2. The highest BCUT2D eigenvalue weighted by atomic mass is 16.4. The highest BCUT2D eigenvalue weighted by molar-refractivity contribution is 5.93. The number of rotatable bonds is 10. The Labute approximate surface area is 133 Å². The Kier molecular flexibility index (Phi) is 9.92. The normalized spacial score (nSPS) is 12.4. The number of allylic oxidation sites excluding steroid dienone is 6. The van der Waals surface area contributed by atoms with E-state index in [0.29, 0.717) is 0 Å². The smallest absolute Gasteiger partial charge is 0.318 e. The van der Waals surface area contributed by atoms with Gasteiger partial charge < -0.3 is 10.2 Å². The number of carboxylic acid groups (broad SMARTS) is 2. The molecule has 0 atom stereocenters. The van der Waals surface area contributed by atoms with Gasteiger partial charge >= 0.3 is 11.9 Å². The van der Waals surface area contributed by atoms with Crippen LogP contribution in [0.3, 0.4) is 0 Å². The van der Waals surface area contributed by atoms with Gasteiger partial charge in [-0.2, -0.15) is 0 Å². The van der Waals surface area contributed by atoms with Crippen LogP contribution in [0.5, 0.6) is 0 Å². The third-order valence-electron chi connectivity index (χ3n) is 3.42. The molecule has 0 aromatic rings. The van der Waals surface area contributed by atoms with E-state index in [9.17, 15) is 9.59 Å². The molecule has 0 aliphatic carbocycles. The third-order valence-corrected chi connectivity index (χ3v) is 3.42. The summed E-state index contributed by atoms with van der Waals surface area (Å²) >= 11 is 0. The van der Waals surface area contributed by atoms with E-state index in [4.69, 9.17) is 10.2 Å². The monoisotopic (exact) mass is 308 g/mol. The molecule has 2 N–H and O–H groups in total. The molecule has 0 heterocycles. The van der Waals surface area contributed by atoms with E-state index in [1.165, 1.54) is 11.1 Å². The molecular formula is C18H28O4. The summed E-state index contributed by atoms with van der Waals surface area (Å²) in [6.45, 7) is 8.21. The minimum absolute atomic E-state index is 0.0414. The van der Waals surface area contributed by atoms with Gasteiger partial charge in [-0.15, -0.1) is 0 Å². The van der Waals surface area contributed by atoms with Crippen molar-refractivity contribution in [1.82, 2.24) is 0 Å². The van der Waals surface area contributed by atoms with Crippen molar-refractivity contribution in [2.24, 2.45) is 5.92 Å². The zero-order valence-electron chi connectivity index (χ0n) is 14.1. The first kappa shape index (κ1) is 20.2. The van der Waals surface area contributed by atoms with E-state index < -0.39 is 17.9 Å². The van der Waals surface area contributed by atoms with Gasteiger partial charge in [0.15, 0.2) is 5.92 Å². The summed E-state index contributed by atoms with van der Waals surface area (Å²) in [6, 6.07) is 0. The summed E-state index contributed by atoms with van der Waals surface area (Å²) < 4.78 is 0. The van der Waals surface area contributed by atoms with Gasteiger partial charge in [-0.05, 0) is 59.8 Å². The molecule has 0 unspecified atom stereocenters. The predicted octanol–water partition coefficient (Wildman–Crippen LogP) is 4.58. The second-order valence-electron chi connectivity index (χ2n) is 5.92. The number of aliphatic carboxylic acids is 2. The van der Waals surface area contributed by atoms with Gasteiger partial charge in [0.1, 0.15) is 0 Å². The average molecular weight is 308 g/mol. The molecule has 0 aromatic heterocycles. The SMILES string of the molecule is CC(C)=CCC/C(C)=C/CC/C(C)=C/CC(C(=O)O)C(=O)O. The molecule has 0 rings (SSSR count). The lowest BCUT2D eigenvalue weighted by Crippen LogP contribution is -2.22. The molecule has 22 heavy (non-hydrogen) atoms. The molecular weight excluding hydrogens is 280 g/mol. The van der Waals surface area contributed by atoms with E-state index >= 15 is 0 Å². The zero-order chi connectivity index (χ0) is 17.1. The molecule has 0 saturated heterocycles. The van der Waals surface area contributed by atoms with Gasteiger partial charge in [-0.25, -0.2) is 0 Å². The van der Waals surface area contributed by atoms with Crippen molar-refractivity contribution in [1.29, 1.82) is 0 Å². The molecule has 4 heteroatoms. The maximum absolute atomic E-state index is 10.8. The molecule has 124 valence electrons. The van der Waals surface area contributed by atoms with Gasteiger partial charge in [0.2, 0.25) is 0 Å². The van der Waals surface area contributed by atoms with Gasteiger partial charge in [0, 0.05) is 0 Å². The van der Waals surface area contributed by atoms with Crippen LogP contribution in [0.4, 0.5) is 0 Å². The summed E-state index contributed by atoms with van der Waals surface area (Å²) in [5, 5.41) is 17.6. The number of carboxylic acids is 2. The lowest BCUT2D eigenvalue weighted by atomic mass is 10.0. The molecule has 0 radical (unpaired) electrons. The van der Waals surface area contributed by atoms with Crippen LogP contribution in [0.1, 0.15) is 59.8 Å². The van der Waals surface area contributed by atoms with Crippen LogP contribution in [0.25, 0.3) is 0 Å². The first-order valence-corrected chi connectivity index (χ1v) is 7.64. The number of hydrogen-bond acceptors (Lipinski definition) is 2. The Morgan fingerprint density at radius 1 is 0.818 bits per heavy atom. The first-order valence-electron chi connectivity index (χ1n) is 7.64. The molecule has 0 spiro atoms. The predicted molar refractivity (Wildman–Crippen MR) is 88.8 cm³/mol. The Bertz CT molecular complexity index is 451. The van der Waals surface area contributed by atoms with Crippen LogP contribution >= 0.6 is 0 Å². The molecule has 0 aromatic carbocycles. The lowest BCUT2D eigenvalue weighted by Gasteiger charge is -2.05. The van der Waals surface area contributed by atoms with Crippen molar-refractivity contribution >= 4 is 11.9 Å². The van der Waals surface area contributed by atoms with Gasteiger partial charge in [-0.1, -0.05) is 34.9 Å². The molecule has 4 nitrogen and oxygen atoms in total. The molecule has 0 aliphatic rings. The van der Waals surface area contributed by atoms with Crippen LogP contribution in [-0.4, -0.2) is 22.2 Å². The lowest BCUT2D eigenvalue weighted by molar-refractivity contribution is -0.154. The van der Waals surface area contributed by atoms with Crippen molar-refractivity contribution in [3.8, 4) is 0 Å². The highest BCUT2D eigenvalue weighted by Gasteiger charge is 2.23. The Hall–Kier alpha value is -1.84. The van der Waals surface area contributed by atoms with E-state index in [1.807, 2.05) is 6.92 Å². The van der Waals surface area contributed by atoms with Crippen molar-refractivity contribution in [2.75, 3.05) is 0 Å². The fraction of sp³-hybridized carbons (Fsp3) is 0.556. The van der Waals surface area contributed by atoms with Gasteiger partial charge in [-0.3, -0.25) is 9.59 Å². The summed E-state index contributed by atoms with van der Waals surface area (Å²) in [4.78, 5) is 21.6. The Morgan fingerprint density at radius 2 is 1.27 bits per heavy atom. The second kappa shape index (κ2) is 10.8. The summed E-state index contributed by atoms with van der Waals surface area (Å²) in [6.07, 6.45) is 10.0. The van der Waals surface area contributed by atoms with E-state index in [1.54, 1.807) is 6.08 Å². The summed E-state index contributed by atoms with van der Waals surface area (Å²) in [7, 11) is 0. The zero-order valence-corrected chi connectivity index (χ0v) is 14.1. The molecule has 0 amide bonds. The fourth-order valence-corrected chi connectivity index (χ4v) is 1.97.